The molecule has 1 aliphatic rings. The number of nitrogens with zero attached hydrogens (tertiary/aromatic N) is 1. The zero-order valence-electron chi connectivity index (χ0n) is 11.2. The van der Waals surface area contributed by atoms with Gasteiger partial charge in [0.1, 0.15) is 6.04 Å². The van der Waals surface area contributed by atoms with E-state index < -0.39 is 24.1 Å². The second-order valence-electron chi connectivity index (χ2n) is 5.04. The van der Waals surface area contributed by atoms with Crippen LogP contribution in [0, 0.1) is 6.92 Å². The summed E-state index contributed by atoms with van der Waals surface area (Å²) in [5.41, 5.74) is 2.07. The molecule has 0 radical (unpaired) electrons. The van der Waals surface area contributed by atoms with Gasteiger partial charge >= 0.3 is 12.0 Å². The van der Waals surface area contributed by atoms with Crippen molar-refractivity contribution in [3.63, 3.8) is 0 Å². The number of hydrogen-bond acceptors (Lipinski definition) is 3. The van der Waals surface area contributed by atoms with Crippen LogP contribution in [0.5, 0.6) is 0 Å². The van der Waals surface area contributed by atoms with E-state index in [2.05, 4.69) is 5.32 Å². The molecule has 3 N–H and O–H groups in total. The number of amides is 2. The van der Waals surface area contributed by atoms with Gasteiger partial charge in [0.15, 0.2) is 0 Å². The average molecular weight is 278 g/mol. The van der Waals surface area contributed by atoms with E-state index in [0.29, 0.717) is 6.54 Å². The van der Waals surface area contributed by atoms with Crippen LogP contribution < -0.4 is 5.32 Å². The number of nitrogens with one attached hydrogen (secondary N) is 1. The molecule has 2 amide bonds. The number of likely N-dealkylation sites (tertiary alicyclic amines) is 1. The topological polar surface area (TPSA) is 89.9 Å². The molecular formula is C14H18N2O4. The Hall–Kier alpha value is -2.08. The minimum absolute atomic E-state index is 0.0523. The number of rotatable bonds is 3. The van der Waals surface area contributed by atoms with Crippen molar-refractivity contribution in [2.24, 2.45) is 0 Å². The number of hydrogen-bond donors (Lipinski definition) is 3. The summed E-state index contributed by atoms with van der Waals surface area (Å²) < 4.78 is 0. The average Bonchev–Trinajstić information content (AvgIpc) is 2.80. The molecule has 1 saturated heterocycles. The summed E-state index contributed by atoms with van der Waals surface area (Å²) in [6.07, 6.45) is -0.700. The van der Waals surface area contributed by atoms with E-state index in [4.69, 9.17) is 5.11 Å². The molecule has 20 heavy (non-hydrogen) atoms. The fourth-order valence-electron chi connectivity index (χ4n) is 2.26. The lowest BCUT2D eigenvalue weighted by Crippen LogP contribution is -2.45. The van der Waals surface area contributed by atoms with Crippen molar-refractivity contribution in [2.45, 2.75) is 32.0 Å². The number of aliphatic hydroxyl groups is 1. The highest BCUT2D eigenvalue weighted by Gasteiger charge is 2.38. The van der Waals surface area contributed by atoms with Gasteiger partial charge in [-0.3, -0.25) is 0 Å². The molecule has 1 fully saturated rings. The molecule has 0 bridgehead atoms. The van der Waals surface area contributed by atoms with Crippen molar-refractivity contribution in [3.8, 4) is 0 Å². The minimum atomic E-state index is -1.09. The molecule has 0 saturated carbocycles. The molecule has 2 unspecified atom stereocenters. The molecule has 2 atom stereocenters. The first-order valence-corrected chi connectivity index (χ1v) is 6.48. The van der Waals surface area contributed by atoms with Crippen LogP contribution in [-0.2, 0) is 11.3 Å². The number of aryl methyl sites for hydroxylation is 1. The van der Waals surface area contributed by atoms with Crippen LogP contribution in [0.15, 0.2) is 24.3 Å². The molecule has 1 aromatic rings. The fraction of sp³-hybridized carbons (Fsp3) is 0.429. The molecule has 1 aliphatic heterocycles. The number of carbonyl (C=O) groups is 2. The Labute approximate surface area is 117 Å². The van der Waals surface area contributed by atoms with Crippen LogP contribution in [0.25, 0.3) is 0 Å². The lowest BCUT2D eigenvalue weighted by atomic mass is 10.1. The number of carboxylic acids is 1. The molecule has 0 aliphatic carbocycles. The molecule has 0 aromatic heterocycles. The first kappa shape index (κ1) is 14.3. The smallest absolute Gasteiger partial charge is 0.326 e. The lowest BCUT2D eigenvalue weighted by Gasteiger charge is -2.21. The van der Waals surface area contributed by atoms with Crippen molar-refractivity contribution in [1.29, 1.82) is 0 Å². The van der Waals surface area contributed by atoms with Crippen molar-refractivity contribution >= 4 is 12.0 Å². The van der Waals surface area contributed by atoms with Crippen molar-refractivity contribution in [1.82, 2.24) is 10.2 Å². The summed E-state index contributed by atoms with van der Waals surface area (Å²) in [5.74, 6) is -1.09. The van der Waals surface area contributed by atoms with E-state index in [1.807, 2.05) is 31.2 Å². The maximum Gasteiger partial charge on any atom is 0.326 e. The first-order chi connectivity index (χ1) is 9.47. The van der Waals surface area contributed by atoms with Crippen LogP contribution >= 0.6 is 0 Å². The monoisotopic (exact) mass is 278 g/mol. The maximum absolute atomic E-state index is 12.0. The summed E-state index contributed by atoms with van der Waals surface area (Å²) in [4.78, 5) is 24.2. The number of aliphatic carboxylic acids is 1. The molecule has 1 heterocycles. The normalized spacial score (nSPS) is 21.8. The van der Waals surface area contributed by atoms with Gasteiger partial charge in [-0.05, 0) is 12.5 Å². The molecule has 2 rings (SSSR count). The predicted molar refractivity (Wildman–Crippen MR) is 72.2 cm³/mol. The molecule has 6 heteroatoms. The fourth-order valence-corrected chi connectivity index (χ4v) is 2.26. The molecular weight excluding hydrogens is 260 g/mol. The third kappa shape index (κ3) is 3.27. The van der Waals surface area contributed by atoms with E-state index in [1.54, 1.807) is 0 Å². The Balaban J connectivity index is 1.94. The van der Waals surface area contributed by atoms with Crippen LogP contribution in [0.3, 0.4) is 0 Å². The van der Waals surface area contributed by atoms with Gasteiger partial charge in [-0.1, -0.05) is 29.8 Å². The number of benzene rings is 1. The van der Waals surface area contributed by atoms with E-state index in [-0.39, 0.29) is 13.0 Å². The standard InChI is InChI=1S/C14H18N2O4/c1-9-2-4-10(5-3-9)7-15-14(20)16-8-11(17)6-12(16)13(18)19/h2-5,11-12,17H,6-8H2,1H3,(H,15,20)(H,18,19). The quantitative estimate of drug-likeness (QED) is 0.760. The minimum Gasteiger partial charge on any atom is -0.480 e. The SMILES string of the molecule is Cc1ccc(CNC(=O)N2CC(O)CC2C(=O)O)cc1. The Morgan fingerprint density at radius 1 is 1.35 bits per heavy atom. The van der Waals surface area contributed by atoms with Crippen molar-refractivity contribution in [2.75, 3.05) is 6.54 Å². The van der Waals surface area contributed by atoms with Gasteiger partial charge in [-0.15, -0.1) is 0 Å². The van der Waals surface area contributed by atoms with E-state index in [1.165, 1.54) is 4.90 Å². The Morgan fingerprint density at radius 3 is 2.60 bits per heavy atom. The van der Waals surface area contributed by atoms with Crippen LogP contribution in [0.1, 0.15) is 17.5 Å². The number of urea groups is 1. The van der Waals surface area contributed by atoms with E-state index >= 15 is 0 Å². The van der Waals surface area contributed by atoms with Crippen LogP contribution in [-0.4, -0.2) is 45.8 Å². The highest BCUT2D eigenvalue weighted by molar-refractivity contribution is 5.83. The second-order valence-corrected chi connectivity index (χ2v) is 5.04. The number of β-amino-alcohol motifs (C(OH)–C–C–N with tert-alkyl or cyclic N) is 1. The second kappa shape index (κ2) is 5.92. The summed E-state index contributed by atoms with van der Waals surface area (Å²) >= 11 is 0. The summed E-state index contributed by atoms with van der Waals surface area (Å²) in [5, 5.41) is 21.2. The Bertz CT molecular complexity index is 500. The van der Waals surface area contributed by atoms with Crippen molar-refractivity contribution in [3.05, 3.63) is 35.4 Å². The maximum atomic E-state index is 12.0. The van der Waals surface area contributed by atoms with E-state index in [9.17, 15) is 14.7 Å². The molecule has 1 aromatic carbocycles. The van der Waals surface area contributed by atoms with Gasteiger partial charge in [-0.25, -0.2) is 9.59 Å². The van der Waals surface area contributed by atoms with Gasteiger partial charge in [0.2, 0.25) is 0 Å². The van der Waals surface area contributed by atoms with Gasteiger partial charge < -0.3 is 20.4 Å². The third-order valence-electron chi connectivity index (χ3n) is 3.39. The van der Waals surface area contributed by atoms with Gasteiger partial charge in [0.05, 0.1) is 6.10 Å². The Kier molecular flexibility index (Phi) is 4.24. The zero-order valence-corrected chi connectivity index (χ0v) is 11.2. The molecule has 6 nitrogen and oxygen atoms in total. The van der Waals surface area contributed by atoms with Gasteiger partial charge in [-0.2, -0.15) is 0 Å². The number of carboxylic acid groups (broad SMARTS) is 1. The number of aliphatic hydroxyl groups excluding tert-OH is 1. The predicted octanol–water partition coefficient (Wildman–Crippen LogP) is 0.724. The highest BCUT2D eigenvalue weighted by Crippen LogP contribution is 2.18. The molecule has 0 spiro atoms. The van der Waals surface area contributed by atoms with Crippen LogP contribution in [0.2, 0.25) is 0 Å². The zero-order chi connectivity index (χ0) is 14.7. The van der Waals surface area contributed by atoms with Gasteiger partial charge in [0.25, 0.3) is 0 Å². The Morgan fingerprint density at radius 2 is 2.00 bits per heavy atom. The number of carbonyl (C=O) groups excluding carboxylic acids is 1. The van der Waals surface area contributed by atoms with Crippen LogP contribution in [0.4, 0.5) is 4.79 Å². The lowest BCUT2D eigenvalue weighted by molar-refractivity contribution is -0.141. The summed E-state index contributed by atoms with van der Waals surface area (Å²) in [6, 6.07) is 6.28. The summed E-state index contributed by atoms with van der Waals surface area (Å²) in [6.45, 7) is 2.36. The first-order valence-electron chi connectivity index (χ1n) is 6.48. The summed E-state index contributed by atoms with van der Waals surface area (Å²) in [7, 11) is 0. The highest BCUT2D eigenvalue weighted by atomic mass is 16.4. The van der Waals surface area contributed by atoms with Crippen molar-refractivity contribution < 1.29 is 19.8 Å². The van der Waals surface area contributed by atoms with Gasteiger partial charge in [0, 0.05) is 19.5 Å². The third-order valence-corrected chi connectivity index (χ3v) is 3.39. The van der Waals surface area contributed by atoms with E-state index in [0.717, 1.165) is 11.1 Å². The molecule has 108 valence electrons. The largest absolute Gasteiger partial charge is 0.480 e.